The Balaban J connectivity index is 1.64. The summed E-state index contributed by atoms with van der Waals surface area (Å²) < 4.78 is 33.3. The molecule has 0 heterocycles. The Hall–Kier alpha value is -2.74. The van der Waals surface area contributed by atoms with Gasteiger partial charge in [-0.3, -0.25) is 9.52 Å². The van der Waals surface area contributed by atoms with Crippen LogP contribution in [0.15, 0.2) is 71.6 Å². The number of rotatable bonds is 7. The molecule has 0 bridgehead atoms. The Labute approximate surface area is 191 Å². The predicted molar refractivity (Wildman–Crippen MR) is 124 cm³/mol. The molecule has 0 spiro atoms. The van der Waals surface area contributed by atoms with Crippen LogP contribution in [0.2, 0.25) is 10.0 Å². The highest BCUT2D eigenvalue weighted by Crippen LogP contribution is 2.23. The minimum Gasteiger partial charge on any atom is -0.481 e. The number of benzene rings is 3. The second-order valence-corrected chi connectivity index (χ2v) is 9.33. The minimum absolute atomic E-state index is 0.0467. The van der Waals surface area contributed by atoms with Crippen LogP contribution in [0.3, 0.4) is 0 Å². The molecule has 3 rings (SSSR count). The summed E-state index contributed by atoms with van der Waals surface area (Å²) in [6.07, 6.45) is -0.783. The van der Waals surface area contributed by atoms with Gasteiger partial charge in [0.25, 0.3) is 15.9 Å². The van der Waals surface area contributed by atoms with E-state index in [9.17, 15) is 13.2 Å². The van der Waals surface area contributed by atoms with Crippen LogP contribution in [0.25, 0.3) is 0 Å². The van der Waals surface area contributed by atoms with E-state index in [4.69, 9.17) is 27.9 Å². The van der Waals surface area contributed by atoms with E-state index in [1.165, 1.54) is 24.3 Å². The zero-order valence-electron chi connectivity index (χ0n) is 16.7. The Morgan fingerprint density at radius 1 is 0.968 bits per heavy atom. The Morgan fingerprint density at radius 2 is 1.65 bits per heavy atom. The lowest BCUT2D eigenvalue weighted by atomic mass is 10.2. The van der Waals surface area contributed by atoms with Crippen LogP contribution in [0.4, 0.5) is 11.4 Å². The molecule has 6 nitrogen and oxygen atoms in total. The first kappa shape index (κ1) is 22.9. The van der Waals surface area contributed by atoms with Crippen molar-refractivity contribution in [1.29, 1.82) is 0 Å². The number of hydrogen-bond acceptors (Lipinski definition) is 4. The van der Waals surface area contributed by atoms with Crippen molar-refractivity contribution in [2.75, 3.05) is 10.0 Å². The van der Waals surface area contributed by atoms with Gasteiger partial charge >= 0.3 is 0 Å². The summed E-state index contributed by atoms with van der Waals surface area (Å²) in [6, 6.07) is 17.4. The molecule has 1 amide bonds. The Bertz CT molecular complexity index is 1200. The number of nitrogens with one attached hydrogen (secondary N) is 2. The summed E-state index contributed by atoms with van der Waals surface area (Å²) in [5.41, 5.74) is 1.64. The second-order valence-electron chi connectivity index (χ2n) is 6.80. The lowest BCUT2D eigenvalue weighted by Crippen LogP contribution is -2.30. The summed E-state index contributed by atoms with van der Waals surface area (Å²) in [5, 5.41) is 3.66. The molecule has 0 aliphatic heterocycles. The van der Waals surface area contributed by atoms with Crippen molar-refractivity contribution in [2.45, 2.75) is 24.8 Å². The standard InChI is InChI=1S/C22H20Cl2N2O4S/c1-14-6-7-18(13-21(14)24)26-31(28,29)20-10-8-17(9-11-20)25-22(27)15(2)30-19-5-3-4-16(23)12-19/h3-13,15,26H,1-2H3,(H,25,27). The average Bonchev–Trinajstić information content (AvgIpc) is 2.71. The van der Waals surface area contributed by atoms with Gasteiger partial charge in [-0.15, -0.1) is 0 Å². The zero-order valence-corrected chi connectivity index (χ0v) is 19.1. The summed E-state index contributed by atoms with van der Waals surface area (Å²) >= 11 is 12.0. The maximum absolute atomic E-state index is 12.6. The van der Waals surface area contributed by atoms with Gasteiger partial charge in [0.2, 0.25) is 0 Å². The van der Waals surface area contributed by atoms with Crippen LogP contribution in [0, 0.1) is 6.92 Å². The Kier molecular flexibility index (Phi) is 7.10. The summed E-state index contributed by atoms with van der Waals surface area (Å²) in [4.78, 5) is 12.4. The average molecular weight is 479 g/mol. The van der Waals surface area contributed by atoms with Crippen LogP contribution >= 0.6 is 23.2 Å². The largest absolute Gasteiger partial charge is 0.481 e. The van der Waals surface area contributed by atoms with Crippen LogP contribution in [0.5, 0.6) is 5.75 Å². The number of carbonyl (C=O) groups excluding carboxylic acids is 1. The normalized spacial score (nSPS) is 12.1. The first-order chi connectivity index (χ1) is 14.6. The van der Waals surface area contributed by atoms with Gasteiger partial charge in [-0.2, -0.15) is 0 Å². The number of halogens is 2. The molecule has 3 aromatic carbocycles. The lowest BCUT2D eigenvalue weighted by molar-refractivity contribution is -0.122. The van der Waals surface area contributed by atoms with Crippen molar-refractivity contribution in [3.05, 3.63) is 82.3 Å². The van der Waals surface area contributed by atoms with E-state index in [1.807, 2.05) is 6.92 Å². The molecule has 0 fully saturated rings. The van der Waals surface area contributed by atoms with Crippen LogP contribution < -0.4 is 14.8 Å². The number of amides is 1. The number of carbonyl (C=O) groups is 1. The van der Waals surface area contributed by atoms with Gasteiger partial charge in [0.1, 0.15) is 5.75 Å². The van der Waals surface area contributed by atoms with Gasteiger partial charge < -0.3 is 10.1 Å². The molecule has 0 aliphatic carbocycles. The number of ether oxygens (including phenoxy) is 1. The van der Waals surface area contributed by atoms with E-state index in [-0.39, 0.29) is 10.8 Å². The highest BCUT2D eigenvalue weighted by atomic mass is 35.5. The monoisotopic (exact) mass is 478 g/mol. The van der Waals surface area contributed by atoms with Gasteiger partial charge in [-0.05, 0) is 74.0 Å². The van der Waals surface area contributed by atoms with Crippen molar-refractivity contribution in [3.63, 3.8) is 0 Å². The maximum Gasteiger partial charge on any atom is 0.265 e. The van der Waals surface area contributed by atoms with Crippen molar-refractivity contribution < 1.29 is 17.9 Å². The third kappa shape index (κ3) is 6.13. The lowest BCUT2D eigenvalue weighted by Gasteiger charge is -2.15. The molecule has 0 radical (unpaired) electrons. The van der Waals surface area contributed by atoms with Crippen molar-refractivity contribution >= 4 is 50.5 Å². The van der Waals surface area contributed by atoms with E-state index in [0.29, 0.717) is 27.2 Å². The van der Waals surface area contributed by atoms with E-state index in [1.54, 1.807) is 49.4 Å². The highest BCUT2D eigenvalue weighted by Gasteiger charge is 2.17. The molecule has 2 N–H and O–H groups in total. The molecular weight excluding hydrogens is 459 g/mol. The molecule has 0 saturated carbocycles. The van der Waals surface area contributed by atoms with Gasteiger partial charge in [0.15, 0.2) is 6.10 Å². The van der Waals surface area contributed by atoms with Crippen molar-refractivity contribution in [3.8, 4) is 5.75 Å². The van der Waals surface area contributed by atoms with Gasteiger partial charge in [0.05, 0.1) is 10.6 Å². The van der Waals surface area contributed by atoms with E-state index < -0.39 is 16.1 Å². The molecule has 1 atom stereocenters. The molecule has 0 aliphatic rings. The molecule has 0 saturated heterocycles. The number of anilines is 2. The quantitative estimate of drug-likeness (QED) is 0.468. The summed E-state index contributed by atoms with van der Waals surface area (Å²) in [7, 11) is -3.81. The van der Waals surface area contributed by atoms with Crippen LogP contribution in [0.1, 0.15) is 12.5 Å². The summed E-state index contributed by atoms with van der Waals surface area (Å²) in [5.74, 6) is 0.0851. The topological polar surface area (TPSA) is 84.5 Å². The van der Waals surface area contributed by atoms with Crippen molar-refractivity contribution in [2.24, 2.45) is 0 Å². The second kappa shape index (κ2) is 9.60. The molecule has 162 valence electrons. The van der Waals surface area contributed by atoms with Gasteiger partial charge in [-0.1, -0.05) is 35.3 Å². The predicted octanol–water partition coefficient (Wildman–Crippen LogP) is 5.51. The molecular formula is C22H20Cl2N2O4S. The summed E-state index contributed by atoms with van der Waals surface area (Å²) in [6.45, 7) is 3.43. The third-order valence-electron chi connectivity index (χ3n) is 4.33. The van der Waals surface area contributed by atoms with Crippen LogP contribution in [-0.4, -0.2) is 20.4 Å². The number of aryl methyl sites for hydroxylation is 1. The smallest absolute Gasteiger partial charge is 0.265 e. The molecule has 1 unspecified atom stereocenters. The van der Waals surface area contributed by atoms with E-state index >= 15 is 0 Å². The third-order valence-corrected chi connectivity index (χ3v) is 6.37. The van der Waals surface area contributed by atoms with Gasteiger partial charge in [-0.25, -0.2) is 8.42 Å². The molecule has 3 aromatic rings. The van der Waals surface area contributed by atoms with Crippen molar-refractivity contribution in [1.82, 2.24) is 0 Å². The first-order valence-corrected chi connectivity index (χ1v) is 11.5. The fourth-order valence-electron chi connectivity index (χ4n) is 2.63. The van der Waals surface area contributed by atoms with E-state index in [2.05, 4.69) is 10.0 Å². The number of sulfonamides is 1. The zero-order chi connectivity index (χ0) is 22.6. The van der Waals surface area contributed by atoms with Crippen LogP contribution in [-0.2, 0) is 14.8 Å². The Morgan fingerprint density at radius 3 is 2.29 bits per heavy atom. The number of hydrogen-bond donors (Lipinski definition) is 2. The molecule has 9 heteroatoms. The fourth-order valence-corrected chi connectivity index (χ4v) is 4.04. The molecule has 0 aromatic heterocycles. The highest BCUT2D eigenvalue weighted by molar-refractivity contribution is 7.92. The first-order valence-electron chi connectivity index (χ1n) is 9.26. The fraction of sp³-hybridized carbons (Fsp3) is 0.136. The van der Waals surface area contributed by atoms with Gasteiger partial charge in [0, 0.05) is 15.7 Å². The maximum atomic E-state index is 12.6. The minimum atomic E-state index is -3.81. The SMILES string of the molecule is Cc1ccc(NS(=O)(=O)c2ccc(NC(=O)C(C)Oc3cccc(Cl)c3)cc2)cc1Cl. The molecule has 31 heavy (non-hydrogen) atoms. The van der Waals surface area contributed by atoms with E-state index in [0.717, 1.165) is 5.56 Å².